The first-order valence-corrected chi connectivity index (χ1v) is 5.35. The third kappa shape index (κ3) is 4.49. The van der Waals surface area contributed by atoms with Crippen LogP contribution in [0.1, 0.15) is 18.9 Å². The first-order valence-electron chi connectivity index (χ1n) is 5.35. The van der Waals surface area contributed by atoms with Crippen LogP contribution in [-0.2, 0) is 6.54 Å². The lowest BCUT2D eigenvalue weighted by molar-refractivity contribution is 0.781. The first-order chi connectivity index (χ1) is 7.36. The van der Waals surface area contributed by atoms with Crippen molar-refractivity contribution in [2.75, 3.05) is 13.6 Å². The minimum atomic E-state index is 0.810. The summed E-state index contributed by atoms with van der Waals surface area (Å²) in [7, 11) is 1.79. The van der Waals surface area contributed by atoms with Gasteiger partial charge in [0, 0.05) is 20.1 Å². The lowest BCUT2D eigenvalue weighted by Gasteiger charge is -2.10. The molecule has 0 atom stereocenters. The fourth-order valence-electron chi connectivity index (χ4n) is 1.25. The number of nitrogens with one attached hydrogen (secondary N) is 2. The maximum atomic E-state index is 4.14. The third-order valence-corrected chi connectivity index (χ3v) is 2.07. The Balaban J connectivity index is 2.35. The van der Waals surface area contributed by atoms with Crippen molar-refractivity contribution in [3.05, 3.63) is 35.9 Å². The zero-order valence-corrected chi connectivity index (χ0v) is 9.46. The highest BCUT2D eigenvalue weighted by molar-refractivity contribution is 5.79. The van der Waals surface area contributed by atoms with Crippen LogP contribution in [-0.4, -0.2) is 19.6 Å². The molecule has 15 heavy (non-hydrogen) atoms. The smallest absolute Gasteiger partial charge is 0.191 e. The Bertz CT molecular complexity index is 293. The van der Waals surface area contributed by atoms with Crippen LogP contribution < -0.4 is 10.6 Å². The quantitative estimate of drug-likeness (QED) is 0.580. The molecule has 0 radical (unpaired) electrons. The van der Waals surface area contributed by atoms with Crippen molar-refractivity contribution in [3.8, 4) is 0 Å². The van der Waals surface area contributed by atoms with Crippen molar-refractivity contribution in [3.63, 3.8) is 0 Å². The van der Waals surface area contributed by atoms with Crippen molar-refractivity contribution in [1.82, 2.24) is 10.6 Å². The van der Waals surface area contributed by atoms with Gasteiger partial charge in [0.05, 0.1) is 0 Å². The van der Waals surface area contributed by atoms with E-state index in [0.29, 0.717) is 0 Å². The van der Waals surface area contributed by atoms with Crippen LogP contribution in [0.25, 0.3) is 0 Å². The normalized spacial score (nSPS) is 11.2. The summed E-state index contributed by atoms with van der Waals surface area (Å²) in [5.41, 5.74) is 1.26. The third-order valence-electron chi connectivity index (χ3n) is 2.07. The van der Waals surface area contributed by atoms with Gasteiger partial charge in [-0.3, -0.25) is 4.99 Å². The molecule has 0 aliphatic carbocycles. The number of nitrogens with zero attached hydrogens (tertiary/aromatic N) is 1. The largest absolute Gasteiger partial charge is 0.356 e. The summed E-state index contributed by atoms with van der Waals surface area (Å²) in [6.07, 6.45) is 1.10. The van der Waals surface area contributed by atoms with E-state index in [0.717, 1.165) is 25.5 Å². The Labute approximate surface area is 91.6 Å². The van der Waals surface area contributed by atoms with Gasteiger partial charge in [-0.15, -0.1) is 0 Å². The SMILES string of the molecule is CCCNC(=NC)NCc1ccccc1. The molecule has 2 N–H and O–H groups in total. The van der Waals surface area contributed by atoms with Gasteiger partial charge in [0.2, 0.25) is 0 Å². The molecule has 0 fully saturated rings. The fraction of sp³-hybridized carbons (Fsp3) is 0.417. The molecule has 1 aromatic carbocycles. The van der Waals surface area contributed by atoms with Crippen molar-refractivity contribution in [1.29, 1.82) is 0 Å². The van der Waals surface area contributed by atoms with E-state index in [4.69, 9.17) is 0 Å². The maximum Gasteiger partial charge on any atom is 0.191 e. The van der Waals surface area contributed by atoms with E-state index in [1.807, 2.05) is 18.2 Å². The van der Waals surface area contributed by atoms with E-state index in [-0.39, 0.29) is 0 Å². The van der Waals surface area contributed by atoms with E-state index >= 15 is 0 Å². The maximum absolute atomic E-state index is 4.14. The molecule has 0 bridgehead atoms. The lowest BCUT2D eigenvalue weighted by Crippen LogP contribution is -2.37. The Morgan fingerprint density at radius 1 is 1.20 bits per heavy atom. The van der Waals surface area contributed by atoms with Crippen LogP contribution in [0.15, 0.2) is 35.3 Å². The van der Waals surface area contributed by atoms with Crippen molar-refractivity contribution < 1.29 is 0 Å². The first kappa shape index (κ1) is 11.6. The molecule has 82 valence electrons. The topological polar surface area (TPSA) is 36.4 Å². The van der Waals surface area contributed by atoms with Gasteiger partial charge in [-0.25, -0.2) is 0 Å². The molecule has 3 nitrogen and oxygen atoms in total. The summed E-state index contributed by atoms with van der Waals surface area (Å²) in [5, 5.41) is 6.49. The molecule has 0 heterocycles. The summed E-state index contributed by atoms with van der Waals surface area (Å²) in [5.74, 6) is 0.862. The number of benzene rings is 1. The summed E-state index contributed by atoms with van der Waals surface area (Å²) >= 11 is 0. The summed E-state index contributed by atoms with van der Waals surface area (Å²) in [6.45, 7) is 3.90. The average molecular weight is 205 g/mol. The minimum Gasteiger partial charge on any atom is -0.356 e. The highest BCUT2D eigenvalue weighted by Crippen LogP contribution is 1.96. The molecule has 0 amide bonds. The van der Waals surface area contributed by atoms with Crippen LogP contribution in [0.3, 0.4) is 0 Å². The number of rotatable bonds is 4. The van der Waals surface area contributed by atoms with Gasteiger partial charge in [0.1, 0.15) is 0 Å². The number of hydrogen-bond donors (Lipinski definition) is 2. The summed E-state index contributed by atoms with van der Waals surface area (Å²) in [6, 6.07) is 10.3. The molecular formula is C12H19N3. The van der Waals surface area contributed by atoms with Crippen molar-refractivity contribution >= 4 is 5.96 Å². The molecule has 3 heteroatoms. The number of aliphatic imine (C=N–C) groups is 1. The second-order valence-electron chi connectivity index (χ2n) is 3.34. The van der Waals surface area contributed by atoms with Crippen LogP contribution in [0.4, 0.5) is 0 Å². The fourth-order valence-corrected chi connectivity index (χ4v) is 1.25. The summed E-state index contributed by atoms with van der Waals surface area (Å²) < 4.78 is 0. The Kier molecular flexibility index (Phi) is 5.30. The molecule has 0 saturated heterocycles. The van der Waals surface area contributed by atoms with E-state index in [2.05, 4.69) is 34.7 Å². The highest BCUT2D eigenvalue weighted by atomic mass is 15.2. The minimum absolute atomic E-state index is 0.810. The van der Waals surface area contributed by atoms with E-state index in [1.165, 1.54) is 5.56 Å². The van der Waals surface area contributed by atoms with E-state index in [9.17, 15) is 0 Å². The van der Waals surface area contributed by atoms with Gasteiger partial charge in [0.25, 0.3) is 0 Å². The van der Waals surface area contributed by atoms with Gasteiger partial charge in [0.15, 0.2) is 5.96 Å². The zero-order valence-electron chi connectivity index (χ0n) is 9.46. The van der Waals surface area contributed by atoms with Crippen molar-refractivity contribution in [2.45, 2.75) is 19.9 Å². The number of hydrogen-bond acceptors (Lipinski definition) is 1. The lowest BCUT2D eigenvalue weighted by atomic mass is 10.2. The molecule has 0 aromatic heterocycles. The van der Waals surface area contributed by atoms with Crippen molar-refractivity contribution in [2.24, 2.45) is 4.99 Å². The molecule has 1 rings (SSSR count). The molecular weight excluding hydrogens is 186 g/mol. The standard InChI is InChI=1S/C12H19N3/c1-3-9-14-12(13-2)15-10-11-7-5-4-6-8-11/h4-8H,3,9-10H2,1-2H3,(H2,13,14,15). The Morgan fingerprint density at radius 2 is 1.93 bits per heavy atom. The van der Waals surface area contributed by atoms with Crippen LogP contribution in [0.2, 0.25) is 0 Å². The van der Waals surface area contributed by atoms with Gasteiger partial charge in [-0.05, 0) is 12.0 Å². The zero-order chi connectivity index (χ0) is 10.9. The molecule has 0 saturated carbocycles. The van der Waals surface area contributed by atoms with Crippen LogP contribution in [0, 0.1) is 0 Å². The molecule has 1 aromatic rings. The summed E-state index contributed by atoms with van der Waals surface area (Å²) in [4.78, 5) is 4.14. The van der Waals surface area contributed by atoms with Crippen LogP contribution in [0.5, 0.6) is 0 Å². The second-order valence-corrected chi connectivity index (χ2v) is 3.34. The molecule has 0 spiro atoms. The van der Waals surface area contributed by atoms with E-state index < -0.39 is 0 Å². The van der Waals surface area contributed by atoms with Gasteiger partial charge in [-0.2, -0.15) is 0 Å². The van der Waals surface area contributed by atoms with Gasteiger partial charge >= 0.3 is 0 Å². The predicted molar refractivity (Wildman–Crippen MR) is 64.9 cm³/mol. The average Bonchev–Trinajstić information content (AvgIpc) is 2.31. The second kappa shape index (κ2) is 6.87. The monoisotopic (exact) mass is 205 g/mol. The number of guanidine groups is 1. The van der Waals surface area contributed by atoms with Gasteiger partial charge in [-0.1, -0.05) is 37.3 Å². The van der Waals surface area contributed by atoms with E-state index in [1.54, 1.807) is 7.05 Å². The van der Waals surface area contributed by atoms with Crippen LogP contribution >= 0.6 is 0 Å². The molecule has 0 unspecified atom stereocenters. The highest BCUT2D eigenvalue weighted by Gasteiger charge is 1.95. The Hall–Kier alpha value is -1.51. The predicted octanol–water partition coefficient (Wildman–Crippen LogP) is 1.76. The molecule has 0 aliphatic heterocycles. The molecule has 0 aliphatic rings. The Morgan fingerprint density at radius 3 is 2.53 bits per heavy atom. The van der Waals surface area contributed by atoms with Gasteiger partial charge < -0.3 is 10.6 Å².